The summed E-state index contributed by atoms with van der Waals surface area (Å²) in [5.74, 6) is -0.0938. The number of carbonyl (C=O) groups excluding carboxylic acids is 1. The van der Waals surface area contributed by atoms with Gasteiger partial charge in [0.2, 0.25) is 0 Å². The number of nitrogens with zero attached hydrogens (tertiary/aromatic N) is 2. The largest absolute Gasteiger partial charge is 0.417 e. The summed E-state index contributed by atoms with van der Waals surface area (Å²) >= 11 is 0. The molecule has 1 atom stereocenters. The van der Waals surface area contributed by atoms with Crippen LogP contribution in [0.3, 0.4) is 0 Å². The molecule has 2 heterocycles. The van der Waals surface area contributed by atoms with E-state index in [1.54, 1.807) is 24.5 Å². The Balaban J connectivity index is 1.23. The molecule has 7 heteroatoms. The van der Waals surface area contributed by atoms with E-state index in [2.05, 4.69) is 33.5 Å². The van der Waals surface area contributed by atoms with E-state index in [-0.39, 0.29) is 17.4 Å². The molecule has 5 rings (SSSR count). The third-order valence-corrected chi connectivity index (χ3v) is 7.02. The molecule has 1 amide bonds. The molecular formula is C28H26F3N3O. The van der Waals surface area contributed by atoms with Crippen molar-refractivity contribution in [2.24, 2.45) is 0 Å². The van der Waals surface area contributed by atoms with E-state index in [9.17, 15) is 18.0 Å². The summed E-state index contributed by atoms with van der Waals surface area (Å²) < 4.78 is 38.7. The maximum Gasteiger partial charge on any atom is 0.417 e. The van der Waals surface area contributed by atoms with E-state index in [1.807, 2.05) is 12.1 Å². The summed E-state index contributed by atoms with van der Waals surface area (Å²) in [4.78, 5) is 20.6. The molecule has 2 aromatic heterocycles. The molecule has 1 unspecified atom stereocenters. The van der Waals surface area contributed by atoms with Crippen molar-refractivity contribution >= 4 is 5.91 Å². The normalized spacial score (nSPS) is 20.1. The number of hydrogen-bond donors (Lipinski definition) is 1. The van der Waals surface area contributed by atoms with Crippen LogP contribution in [-0.4, -0.2) is 21.9 Å². The lowest BCUT2D eigenvalue weighted by molar-refractivity contribution is -0.137. The fourth-order valence-electron chi connectivity index (χ4n) is 4.88. The van der Waals surface area contributed by atoms with Gasteiger partial charge in [0.25, 0.3) is 5.91 Å². The number of hydrogen-bond acceptors (Lipinski definition) is 3. The summed E-state index contributed by atoms with van der Waals surface area (Å²) in [5.41, 5.74) is 3.86. The van der Waals surface area contributed by atoms with Crippen LogP contribution in [0.5, 0.6) is 0 Å². The second-order valence-corrected chi connectivity index (χ2v) is 9.43. The molecule has 1 N–H and O–H groups in total. The van der Waals surface area contributed by atoms with Crippen LogP contribution in [0, 0.1) is 0 Å². The van der Waals surface area contributed by atoms with Gasteiger partial charge >= 0.3 is 6.18 Å². The van der Waals surface area contributed by atoms with E-state index in [0.717, 1.165) is 61.9 Å². The monoisotopic (exact) mass is 477 g/mol. The van der Waals surface area contributed by atoms with Gasteiger partial charge in [0.15, 0.2) is 0 Å². The van der Waals surface area contributed by atoms with Crippen LogP contribution >= 0.6 is 0 Å². The second-order valence-electron chi connectivity index (χ2n) is 9.43. The smallest absolute Gasteiger partial charge is 0.349 e. The lowest BCUT2D eigenvalue weighted by Gasteiger charge is -2.17. The number of benzene rings is 1. The number of amides is 1. The van der Waals surface area contributed by atoms with Crippen molar-refractivity contribution in [2.75, 3.05) is 0 Å². The van der Waals surface area contributed by atoms with Crippen molar-refractivity contribution in [1.29, 1.82) is 0 Å². The molecule has 2 saturated carbocycles. The number of carbonyl (C=O) groups is 1. The second kappa shape index (κ2) is 9.29. The molecule has 35 heavy (non-hydrogen) atoms. The predicted octanol–water partition coefficient (Wildman–Crippen LogP) is 6.03. The van der Waals surface area contributed by atoms with Crippen molar-refractivity contribution in [3.05, 3.63) is 107 Å². The highest BCUT2D eigenvalue weighted by atomic mass is 19.4. The Morgan fingerprint density at radius 2 is 1.97 bits per heavy atom. The van der Waals surface area contributed by atoms with Gasteiger partial charge < -0.3 is 5.32 Å². The summed E-state index contributed by atoms with van der Waals surface area (Å²) in [6, 6.07) is 14.6. The summed E-state index contributed by atoms with van der Waals surface area (Å²) in [5, 5.41) is 3.09. The Labute approximate surface area is 202 Å². The van der Waals surface area contributed by atoms with E-state index in [0.29, 0.717) is 11.3 Å². The highest BCUT2D eigenvalue weighted by Crippen LogP contribution is 2.53. The van der Waals surface area contributed by atoms with Crippen molar-refractivity contribution in [1.82, 2.24) is 15.3 Å². The third-order valence-electron chi connectivity index (χ3n) is 7.02. The molecule has 2 fully saturated rings. The van der Waals surface area contributed by atoms with Crippen molar-refractivity contribution in [2.45, 2.75) is 56.2 Å². The van der Waals surface area contributed by atoms with Crippen LogP contribution in [0.2, 0.25) is 0 Å². The van der Waals surface area contributed by atoms with Gasteiger partial charge in [-0.2, -0.15) is 13.2 Å². The number of pyridine rings is 2. The molecule has 2 aliphatic rings. The Kier molecular flexibility index (Phi) is 6.17. The third kappa shape index (κ3) is 5.14. The molecule has 0 aliphatic heterocycles. The van der Waals surface area contributed by atoms with Crippen molar-refractivity contribution in [3.8, 4) is 0 Å². The molecule has 180 valence electrons. The van der Waals surface area contributed by atoms with E-state index in [4.69, 9.17) is 0 Å². The highest BCUT2D eigenvalue weighted by molar-refractivity contribution is 5.94. The van der Waals surface area contributed by atoms with Crippen molar-refractivity contribution < 1.29 is 18.0 Å². The number of alkyl halides is 3. The van der Waals surface area contributed by atoms with Gasteiger partial charge in [-0.15, -0.1) is 0 Å². The minimum absolute atomic E-state index is 0.0938. The molecule has 4 nitrogen and oxygen atoms in total. The first kappa shape index (κ1) is 23.3. The summed E-state index contributed by atoms with van der Waals surface area (Å²) in [7, 11) is 0. The quantitative estimate of drug-likeness (QED) is 0.441. The van der Waals surface area contributed by atoms with Gasteiger partial charge in [-0.25, -0.2) is 0 Å². The van der Waals surface area contributed by atoms with Crippen LogP contribution < -0.4 is 5.32 Å². The number of allylic oxidation sites excluding steroid dienone is 1. The van der Waals surface area contributed by atoms with Crippen LogP contribution in [0.15, 0.2) is 78.8 Å². The van der Waals surface area contributed by atoms with Crippen LogP contribution in [0.4, 0.5) is 13.2 Å². The molecule has 3 aromatic rings. The Hall–Kier alpha value is -3.48. The molecule has 1 aromatic carbocycles. The molecular weight excluding hydrogens is 451 g/mol. The number of aromatic nitrogens is 2. The lowest BCUT2D eigenvalue weighted by Crippen LogP contribution is -2.32. The minimum Gasteiger partial charge on any atom is -0.349 e. The van der Waals surface area contributed by atoms with Crippen LogP contribution in [-0.2, 0) is 18.0 Å². The van der Waals surface area contributed by atoms with Crippen molar-refractivity contribution in [3.63, 3.8) is 0 Å². The van der Waals surface area contributed by atoms with Gasteiger partial charge in [-0.05, 0) is 73.9 Å². The SMILES string of the molecule is O=C(NC1CC/C(=C\Cc2cccc(C3(c4ccc(C(F)(F)F)cn4)CC3)c2)C1)c1cccnc1. The molecule has 0 saturated heterocycles. The zero-order chi connectivity index (χ0) is 24.5. The van der Waals surface area contributed by atoms with Gasteiger partial charge in [-0.3, -0.25) is 14.8 Å². The standard InChI is InChI=1S/C28H26F3N3O/c29-28(30,31)23-9-11-25(33-18-23)27(12-13-27)22-5-1-3-19(15-22)6-7-20-8-10-24(16-20)34-26(35)21-4-2-14-32-17-21/h1-5,7,9,11,14-15,17-18,24H,6,8,10,12-13,16H2,(H,34,35)/b20-7+. The summed E-state index contributed by atoms with van der Waals surface area (Å²) in [6.07, 6.45) is 7.28. The van der Waals surface area contributed by atoms with E-state index < -0.39 is 11.7 Å². The average Bonchev–Trinajstić information content (AvgIpc) is 3.57. The van der Waals surface area contributed by atoms with Crippen LogP contribution in [0.1, 0.15) is 64.8 Å². The maximum atomic E-state index is 12.9. The molecule has 0 spiro atoms. The highest BCUT2D eigenvalue weighted by Gasteiger charge is 2.47. The number of halogens is 3. The first-order valence-corrected chi connectivity index (χ1v) is 11.9. The topological polar surface area (TPSA) is 54.9 Å². The Bertz CT molecular complexity index is 1230. The van der Waals surface area contributed by atoms with Gasteiger partial charge in [0.05, 0.1) is 16.8 Å². The first-order chi connectivity index (χ1) is 16.8. The number of rotatable bonds is 6. The Morgan fingerprint density at radius 1 is 1.11 bits per heavy atom. The van der Waals surface area contributed by atoms with E-state index in [1.165, 1.54) is 11.6 Å². The van der Waals surface area contributed by atoms with Gasteiger partial charge in [0.1, 0.15) is 0 Å². The predicted molar refractivity (Wildman–Crippen MR) is 127 cm³/mol. The summed E-state index contributed by atoms with van der Waals surface area (Å²) in [6.45, 7) is 0. The average molecular weight is 478 g/mol. The zero-order valence-corrected chi connectivity index (χ0v) is 19.2. The van der Waals surface area contributed by atoms with Crippen LogP contribution in [0.25, 0.3) is 0 Å². The van der Waals surface area contributed by atoms with Gasteiger partial charge in [-0.1, -0.05) is 35.9 Å². The first-order valence-electron chi connectivity index (χ1n) is 11.9. The maximum absolute atomic E-state index is 12.9. The molecule has 2 aliphatic carbocycles. The fraction of sp³-hybridized carbons (Fsp3) is 0.321. The molecule has 0 bridgehead atoms. The molecule has 0 radical (unpaired) electrons. The minimum atomic E-state index is -4.38. The van der Waals surface area contributed by atoms with Gasteiger partial charge in [0, 0.05) is 30.0 Å². The fourth-order valence-corrected chi connectivity index (χ4v) is 4.88. The lowest BCUT2D eigenvalue weighted by atomic mass is 9.90. The Morgan fingerprint density at radius 3 is 2.66 bits per heavy atom. The zero-order valence-electron chi connectivity index (χ0n) is 19.2. The number of nitrogens with one attached hydrogen (secondary N) is 1. The van der Waals surface area contributed by atoms with E-state index >= 15 is 0 Å².